The minimum absolute atomic E-state index is 0.170. The smallest absolute Gasteiger partial charge is 0.290 e. The Morgan fingerprint density at radius 2 is 2.28 bits per heavy atom. The molecule has 0 bridgehead atoms. The van der Waals surface area contributed by atoms with Gasteiger partial charge in [0.2, 0.25) is 5.82 Å². The van der Waals surface area contributed by atoms with Crippen LogP contribution in [0, 0.1) is 0 Å². The molecule has 1 saturated heterocycles. The van der Waals surface area contributed by atoms with Crippen LogP contribution in [0.5, 0.6) is 0 Å². The zero-order valence-corrected chi connectivity index (χ0v) is 10.4. The first-order valence-electron chi connectivity index (χ1n) is 6.77. The lowest BCUT2D eigenvalue weighted by Crippen LogP contribution is -2.31. The van der Waals surface area contributed by atoms with Crippen molar-refractivity contribution in [3.63, 3.8) is 0 Å². The van der Waals surface area contributed by atoms with Crippen molar-refractivity contribution in [3.8, 4) is 0 Å². The second-order valence-corrected chi connectivity index (χ2v) is 5.16. The predicted molar refractivity (Wildman–Crippen MR) is 66.3 cm³/mol. The molecule has 2 fully saturated rings. The molecule has 6 nitrogen and oxygen atoms in total. The van der Waals surface area contributed by atoms with Gasteiger partial charge in [0.05, 0.1) is 0 Å². The third kappa shape index (κ3) is 2.69. The van der Waals surface area contributed by atoms with Crippen LogP contribution in [-0.2, 0) is 0 Å². The molecule has 1 aliphatic carbocycles. The van der Waals surface area contributed by atoms with Gasteiger partial charge < -0.3 is 10.6 Å². The molecule has 3 N–H and O–H groups in total. The standard InChI is InChI=1S/C12H19N5O/c18-12(14-7-5-9-2-1-6-13-9)11-15-10(16-17-11)8-3-4-8/h8-9,13H,1-7H2,(H,14,18)(H,15,16,17)/t9-/m0/s1. The highest BCUT2D eigenvalue weighted by atomic mass is 16.2. The van der Waals surface area contributed by atoms with Gasteiger partial charge in [-0.2, -0.15) is 0 Å². The minimum atomic E-state index is -0.170. The van der Waals surface area contributed by atoms with Crippen molar-refractivity contribution < 1.29 is 4.79 Å². The van der Waals surface area contributed by atoms with Crippen molar-refractivity contribution in [2.75, 3.05) is 13.1 Å². The zero-order chi connectivity index (χ0) is 12.4. The van der Waals surface area contributed by atoms with Gasteiger partial charge in [-0.25, -0.2) is 4.98 Å². The molecule has 18 heavy (non-hydrogen) atoms. The summed E-state index contributed by atoms with van der Waals surface area (Å²) in [5.74, 6) is 1.46. The highest BCUT2D eigenvalue weighted by Crippen LogP contribution is 2.37. The number of hydrogen-bond acceptors (Lipinski definition) is 4. The van der Waals surface area contributed by atoms with E-state index in [4.69, 9.17) is 0 Å². The third-order valence-electron chi connectivity index (χ3n) is 3.61. The predicted octanol–water partition coefficient (Wildman–Crippen LogP) is 0.554. The average molecular weight is 249 g/mol. The van der Waals surface area contributed by atoms with E-state index in [1.54, 1.807) is 0 Å². The first-order chi connectivity index (χ1) is 8.83. The summed E-state index contributed by atoms with van der Waals surface area (Å²) in [6, 6.07) is 0.555. The highest BCUT2D eigenvalue weighted by molar-refractivity contribution is 5.90. The minimum Gasteiger partial charge on any atom is -0.349 e. The second kappa shape index (κ2) is 5.06. The Labute approximate surface area is 106 Å². The van der Waals surface area contributed by atoms with Gasteiger partial charge >= 0.3 is 0 Å². The van der Waals surface area contributed by atoms with Gasteiger partial charge in [-0.05, 0) is 38.6 Å². The molecule has 0 radical (unpaired) electrons. The summed E-state index contributed by atoms with van der Waals surface area (Å²) < 4.78 is 0. The van der Waals surface area contributed by atoms with E-state index in [0.29, 0.717) is 18.5 Å². The van der Waals surface area contributed by atoms with Crippen LogP contribution in [0.25, 0.3) is 0 Å². The van der Waals surface area contributed by atoms with Gasteiger partial charge in [-0.15, -0.1) is 5.10 Å². The maximum atomic E-state index is 11.8. The second-order valence-electron chi connectivity index (χ2n) is 5.16. The van der Waals surface area contributed by atoms with Crippen molar-refractivity contribution in [2.45, 2.75) is 44.1 Å². The van der Waals surface area contributed by atoms with E-state index in [1.807, 2.05) is 0 Å². The fourth-order valence-electron chi connectivity index (χ4n) is 2.36. The van der Waals surface area contributed by atoms with Gasteiger partial charge in [-0.1, -0.05) is 0 Å². The number of nitrogens with zero attached hydrogens (tertiary/aromatic N) is 2. The SMILES string of the molecule is O=C(NCC[C@@H]1CCCN1)c1n[nH]c(C2CC2)n1. The number of hydrogen-bond donors (Lipinski definition) is 3. The number of aromatic nitrogens is 3. The largest absolute Gasteiger partial charge is 0.349 e. The van der Waals surface area contributed by atoms with Crippen LogP contribution in [-0.4, -0.2) is 40.2 Å². The molecule has 1 saturated carbocycles. The molecule has 0 aromatic carbocycles. The molecular weight excluding hydrogens is 230 g/mol. The van der Waals surface area contributed by atoms with E-state index < -0.39 is 0 Å². The molecular formula is C12H19N5O. The number of rotatable bonds is 5. The lowest BCUT2D eigenvalue weighted by molar-refractivity contribution is 0.0942. The molecule has 1 aromatic heterocycles. The van der Waals surface area contributed by atoms with Crippen molar-refractivity contribution in [2.24, 2.45) is 0 Å². The van der Waals surface area contributed by atoms with Gasteiger partial charge in [0.1, 0.15) is 5.82 Å². The lowest BCUT2D eigenvalue weighted by Gasteiger charge is -2.09. The van der Waals surface area contributed by atoms with Crippen molar-refractivity contribution in [3.05, 3.63) is 11.6 Å². The summed E-state index contributed by atoms with van der Waals surface area (Å²) >= 11 is 0. The van der Waals surface area contributed by atoms with Gasteiger partial charge in [0, 0.05) is 18.5 Å². The highest BCUT2D eigenvalue weighted by Gasteiger charge is 2.28. The Bertz CT molecular complexity index is 420. The molecule has 2 heterocycles. The maximum Gasteiger partial charge on any atom is 0.290 e. The molecule has 6 heteroatoms. The van der Waals surface area contributed by atoms with Crippen LogP contribution in [0.2, 0.25) is 0 Å². The number of H-pyrrole nitrogens is 1. The van der Waals surface area contributed by atoms with Crippen LogP contribution in [0.4, 0.5) is 0 Å². The number of nitrogens with one attached hydrogen (secondary N) is 3. The molecule has 0 spiro atoms. The quantitative estimate of drug-likeness (QED) is 0.712. The zero-order valence-electron chi connectivity index (χ0n) is 10.4. The van der Waals surface area contributed by atoms with Crippen LogP contribution < -0.4 is 10.6 Å². The molecule has 98 valence electrons. The first-order valence-corrected chi connectivity index (χ1v) is 6.77. The summed E-state index contributed by atoms with van der Waals surface area (Å²) in [4.78, 5) is 16.0. The Morgan fingerprint density at radius 3 is 3.00 bits per heavy atom. The average Bonchev–Trinajstić information content (AvgIpc) is 2.92. The van der Waals surface area contributed by atoms with Crippen molar-refractivity contribution in [1.29, 1.82) is 0 Å². The topological polar surface area (TPSA) is 82.7 Å². The van der Waals surface area contributed by atoms with Gasteiger partial charge in [0.15, 0.2) is 0 Å². The van der Waals surface area contributed by atoms with Crippen LogP contribution in [0.15, 0.2) is 0 Å². The first kappa shape index (κ1) is 11.6. The summed E-state index contributed by atoms with van der Waals surface area (Å²) in [5, 5.41) is 13.1. The third-order valence-corrected chi connectivity index (χ3v) is 3.61. The van der Waals surface area contributed by atoms with E-state index in [2.05, 4.69) is 25.8 Å². The van der Waals surface area contributed by atoms with E-state index in [0.717, 1.165) is 31.6 Å². The monoisotopic (exact) mass is 249 g/mol. The van der Waals surface area contributed by atoms with E-state index in [-0.39, 0.29) is 11.7 Å². The molecule has 2 aliphatic rings. The molecule has 1 atom stereocenters. The Morgan fingerprint density at radius 1 is 1.39 bits per heavy atom. The molecule has 1 amide bonds. The fourth-order valence-corrected chi connectivity index (χ4v) is 2.36. The normalized spacial score (nSPS) is 23.2. The Hall–Kier alpha value is -1.43. The summed E-state index contributed by atoms with van der Waals surface area (Å²) in [5.41, 5.74) is 0. The van der Waals surface area contributed by atoms with Crippen molar-refractivity contribution >= 4 is 5.91 Å². The number of carbonyl (C=O) groups excluding carboxylic acids is 1. The van der Waals surface area contributed by atoms with Crippen LogP contribution >= 0.6 is 0 Å². The van der Waals surface area contributed by atoms with Crippen molar-refractivity contribution in [1.82, 2.24) is 25.8 Å². The number of carbonyl (C=O) groups is 1. The summed E-state index contributed by atoms with van der Waals surface area (Å²) in [6.07, 6.45) is 5.74. The van der Waals surface area contributed by atoms with Crippen LogP contribution in [0.3, 0.4) is 0 Å². The Balaban J connectivity index is 1.44. The van der Waals surface area contributed by atoms with E-state index in [9.17, 15) is 4.79 Å². The molecule has 3 rings (SSSR count). The van der Waals surface area contributed by atoms with Gasteiger partial charge in [-0.3, -0.25) is 9.89 Å². The number of aromatic amines is 1. The number of amides is 1. The summed E-state index contributed by atoms with van der Waals surface area (Å²) in [6.45, 7) is 1.79. The fraction of sp³-hybridized carbons (Fsp3) is 0.750. The Kier molecular flexibility index (Phi) is 3.27. The molecule has 0 unspecified atom stereocenters. The van der Waals surface area contributed by atoms with Crippen LogP contribution in [0.1, 0.15) is 54.5 Å². The van der Waals surface area contributed by atoms with E-state index in [1.165, 1.54) is 12.8 Å². The molecule has 1 aromatic rings. The lowest BCUT2D eigenvalue weighted by atomic mass is 10.1. The maximum absolute atomic E-state index is 11.8. The van der Waals surface area contributed by atoms with Gasteiger partial charge in [0.25, 0.3) is 5.91 Å². The molecule has 1 aliphatic heterocycles. The summed E-state index contributed by atoms with van der Waals surface area (Å²) in [7, 11) is 0. The van der Waals surface area contributed by atoms with E-state index >= 15 is 0 Å².